The Labute approximate surface area is 214 Å². The van der Waals surface area contributed by atoms with E-state index in [0.717, 1.165) is 33.8 Å². The summed E-state index contributed by atoms with van der Waals surface area (Å²) < 4.78 is 42.5. The highest BCUT2D eigenvalue weighted by atomic mass is 31.1. The summed E-state index contributed by atoms with van der Waals surface area (Å²) in [5.41, 5.74) is -0.902. The highest BCUT2D eigenvalue weighted by Crippen LogP contribution is 2.31. The largest absolute Gasteiger partial charge is 0.750 e. The number of hydrogen-bond acceptors (Lipinski definition) is 12. The number of carbonyl (C=O) groups excluding carboxylic acids is 5. The van der Waals surface area contributed by atoms with Gasteiger partial charge in [0.25, 0.3) is 0 Å². The van der Waals surface area contributed by atoms with Gasteiger partial charge in [-0.05, 0) is 20.8 Å². The van der Waals surface area contributed by atoms with Crippen molar-refractivity contribution in [2.45, 2.75) is 84.5 Å². The number of hydrogen-bond donors (Lipinski definition) is 3. The van der Waals surface area contributed by atoms with Gasteiger partial charge in [0.2, 0.25) is 5.91 Å². The van der Waals surface area contributed by atoms with E-state index in [4.69, 9.17) is 28.2 Å². The van der Waals surface area contributed by atoms with Gasteiger partial charge in [-0.3, -0.25) is 19.2 Å². The molecule has 0 aromatic carbocycles. The highest BCUT2D eigenvalue weighted by molar-refractivity contribution is 7.32. The van der Waals surface area contributed by atoms with Crippen molar-refractivity contribution >= 4 is 38.2 Å². The average Bonchev–Trinajstić information content (AvgIpc) is 2.68. The summed E-state index contributed by atoms with van der Waals surface area (Å²) in [6.45, 7) is 8.59. The van der Waals surface area contributed by atoms with Crippen molar-refractivity contribution in [1.82, 2.24) is 10.6 Å². The first-order valence-electron chi connectivity index (χ1n) is 11.0. The third-order valence-corrected chi connectivity index (χ3v) is 4.63. The zero-order valence-corrected chi connectivity index (χ0v) is 22.4. The van der Waals surface area contributed by atoms with Crippen LogP contribution in [0.2, 0.25) is 0 Å². The molecular weight excluding hydrogens is 519 g/mol. The van der Waals surface area contributed by atoms with Gasteiger partial charge in [0.05, 0.1) is 12.1 Å². The number of nitrogens with one attached hydrogen (secondary N) is 2. The second kappa shape index (κ2) is 13.7. The van der Waals surface area contributed by atoms with Crippen LogP contribution in [0.25, 0.3) is 0 Å². The number of rotatable bonds is 10. The number of carbonyl (C=O) groups is 5. The summed E-state index contributed by atoms with van der Waals surface area (Å²) in [5.74, 6) is -3.65. The first kappa shape index (κ1) is 31.6. The molecule has 1 aliphatic heterocycles. The Balaban J connectivity index is 3.60. The molecule has 1 rings (SSSR count). The number of ether oxygens (including phenoxy) is 5. The quantitative estimate of drug-likeness (QED) is 0.195. The lowest BCUT2D eigenvalue weighted by molar-refractivity contribution is -0.189. The molecule has 3 N–H and O–H groups in total. The molecule has 0 spiro atoms. The molecule has 37 heavy (non-hydrogen) atoms. The van der Waals surface area contributed by atoms with E-state index in [9.17, 15) is 33.4 Å². The van der Waals surface area contributed by atoms with Crippen LogP contribution in [0.5, 0.6) is 0 Å². The summed E-state index contributed by atoms with van der Waals surface area (Å²) in [6, 6.07) is -2.46. The summed E-state index contributed by atoms with van der Waals surface area (Å²) in [7, 11) is -3.25. The van der Waals surface area contributed by atoms with Gasteiger partial charge in [-0.25, -0.2) is 4.79 Å². The Bertz CT molecular complexity index is 930. The first-order valence-corrected chi connectivity index (χ1v) is 12.1. The van der Waals surface area contributed by atoms with E-state index in [1.165, 1.54) is 0 Å². The van der Waals surface area contributed by atoms with Crippen molar-refractivity contribution in [3.63, 3.8) is 0 Å². The average molecular weight is 551 g/mol. The van der Waals surface area contributed by atoms with E-state index in [0.29, 0.717) is 0 Å². The van der Waals surface area contributed by atoms with Gasteiger partial charge in [0, 0.05) is 38.3 Å². The molecule has 0 aliphatic carbocycles. The Morgan fingerprint density at radius 1 is 1.03 bits per heavy atom. The van der Waals surface area contributed by atoms with Gasteiger partial charge < -0.3 is 34.3 Å². The molecule has 1 heterocycles. The van der Waals surface area contributed by atoms with E-state index in [-0.39, 0.29) is 0 Å². The van der Waals surface area contributed by atoms with Crippen molar-refractivity contribution in [1.29, 1.82) is 0 Å². The Kier molecular flexibility index (Phi) is 11.7. The van der Waals surface area contributed by atoms with Gasteiger partial charge >= 0.3 is 38.2 Å². The summed E-state index contributed by atoms with van der Waals surface area (Å²) >= 11 is 0. The molecule has 0 saturated carbocycles. The molecule has 0 bridgehead atoms. The highest BCUT2D eigenvalue weighted by Gasteiger charge is 2.49. The first-order chi connectivity index (χ1) is 17.0. The van der Waals surface area contributed by atoms with E-state index in [2.05, 4.69) is 10.6 Å². The molecule has 0 aromatic rings. The lowest BCUT2D eigenvalue weighted by Crippen LogP contribution is -2.64. The van der Waals surface area contributed by atoms with Gasteiger partial charge in [0.1, 0.15) is 12.2 Å². The topological polar surface area (TPSA) is 202 Å². The van der Waals surface area contributed by atoms with E-state index >= 15 is 0 Å². The van der Waals surface area contributed by atoms with Crippen LogP contribution in [0.15, 0.2) is 12.0 Å². The molecule has 0 aromatic heterocycles. The van der Waals surface area contributed by atoms with Crippen LogP contribution in [0.1, 0.15) is 48.5 Å². The van der Waals surface area contributed by atoms with Crippen LogP contribution in [0.3, 0.4) is 0 Å². The maximum atomic E-state index is 12.5. The van der Waals surface area contributed by atoms with Crippen molar-refractivity contribution < 1.29 is 61.6 Å². The van der Waals surface area contributed by atoms with Gasteiger partial charge in [-0.15, -0.1) is 4.89 Å². The standard InChI is InChI=1S/C21H31N2O13P/c1-10(24)22-17-14(23-20(28)35-21(5,6)7)8-16(36-37(29)30)34-19(17)18(33-13(4)27)15(32-12(3)26)9-31-11(2)25/h8,14-15,17-19H,9H2,1-7H3,(H2-,22,23,24,28,29,30)/p+1. The molecule has 208 valence electrons. The maximum absolute atomic E-state index is 12.5. The summed E-state index contributed by atoms with van der Waals surface area (Å²) in [5, 5.41) is 5.02. The van der Waals surface area contributed by atoms with Crippen LogP contribution in [-0.2, 0) is 52.0 Å². The minimum Gasteiger partial charge on any atom is -0.462 e. The molecule has 15 nitrogen and oxygen atoms in total. The molecule has 1 aliphatic rings. The smallest absolute Gasteiger partial charge is 0.462 e. The second-order valence-corrected chi connectivity index (χ2v) is 9.48. The van der Waals surface area contributed by atoms with E-state index in [1.54, 1.807) is 20.8 Å². The zero-order chi connectivity index (χ0) is 28.5. The summed E-state index contributed by atoms with van der Waals surface area (Å²) in [6.07, 6.45) is -4.40. The number of alkyl carbamates (subject to hydrolysis) is 1. The van der Waals surface area contributed by atoms with E-state index in [1.807, 2.05) is 0 Å². The molecular formula is C21H32N2O13P+. The van der Waals surface area contributed by atoms with Crippen LogP contribution in [0.4, 0.5) is 4.79 Å². The molecule has 0 saturated heterocycles. The predicted octanol–water partition coefficient (Wildman–Crippen LogP) is 0.717. The zero-order valence-electron chi connectivity index (χ0n) is 21.5. The predicted molar refractivity (Wildman–Crippen MR) is 122 cm³/mol. The minimum atomic E-state index is -3.25. The van der Waals surface area contributed by atoms with Gasteiger partial charge in [0.15, 0.2) is 18.3 Å². The Morgan fingerprint density at radius 2 is 1.62 bits per heavy atom. The van der Waals surface area contributed by atoms with Gasteiger partial charge in [-0.2, -0.15) is 4.52 Å². The SMILES string of the molecule is CC(=O)NC1C(NC(=O)OC(C)(C)C)C=C(O[P+](=O)O)OC1C(OC(C)=O)C(COC(C)=O)OC(C)=O. The fourth-order valence-corrected chi connectivity index (χ4v) is 3.50. The van der Waals surface area contributed by atoms with Crippen molar-refractivity contribution in [2.75, 3.05) is 6.61 Å². The molecule has 2 amide bonds. The molecule has 16 heteroatoms. The van der Waals surface area contributed by atoms with E-state index < -0.39 is 86.7 Å². The molecule has 0 radical (unpaired) electrons. The minimum absolute atomic E-state index is 0.581. The Hall–Kier alpha value is -3.45. The normalized spacial score (nSPS) is 21.0. The third-order valence-electron chi connectivity index (χ3n) is 4.29. The maximum Gasteiger partial charge on any atom is 0.750 e. The lowest BCUT2D eigenvalue weighted by Gasteiger charge is -2.41. The van der Waals surface area contributed by atoms with Gasteiger partial charge in [-0.1, -0.05) is 0 Å². The second-order valence-electron chi connectivity index (χ2n) is 8.82. The van der Waals surface area contributed by atoms with Crippen LogP contribution in [0, 0.1) is 0 Å². The van der Waals surface area contributed by atoms with Crippen molar-refractivity contribution in [3.05, 3.63) is 12.0 Å². The Morgan fingerprint density at radius 3 is 2.08 bits per heavy atom. The molecule has 0 fully saturated rings. The lowest BCUT2D eigenvalue weighted by atomic mass is 9.92. The third kappa shape index (κ3) is 11.9. The van der Waals surface area contributed by atoms with Crippen molar-refractivity contribution in [2.24, 2.45) is 0 Å². The fraction of sp³-hybridized carbons (Fsp3) is 0.667. The monoisotopic (exact) mass is 551 g/mol. The van der Waals surface area contributed by atoms with Crippen molar-refractivity contribution in [3.8, 4) is 0 Å². The van der Waals surface area contributed by atoms with Crippen LogP contribution >= 0.6 is 8.25 Å². The van der Waals surface area contributed by atoms with Crippen LogP contribution < -0.4 is 10.6 Å². The molecule has 6 unspecified atom stereocenters. The molecule has 6 atom stereocenters. The number of amides is 2. The summed E-state index contributed by atoms with van der Waals surface area (Å²) in [4.78, 5) is 69.0. The van der Waals surface area contributed by atoms with Crippen LogP contribution in [-0.4, -0.2) is 77.4 Å². The fourth-order valence-electron chi connectivity index (χ4n) is 3.24. The number of esters is 3.